The van der Waals surface area contributed by atoms with Gasteiger partial charge in [0.25, 0.3) is 0 Å². The lowest BCUT2D eigenvalue weighted by molar-refractivity contribution is -0.274. The first-order valence-corrected chi connectivity index (χ1v) is 5.11. The van der Waals surface area contributed by atoms with Crippen molar-refractivity contribution in [2.45, 2.75) is 18.6 Å². The number of hydrogen-bond donors (Lipinski definition) is 0. The van der Waals surface area contributed by atoms with Gasteiger partial charge in [0.15, 0.2) is 11.6 Å². The Morgan fingerprint density at radius 1 is 1.10 bits per heavy atom. The summed E-state index contributed by atoms with van der Waals surface area (Å²) in [7, 11) is 0.698. The van der Waals surface area contributed by atoms with Gasteiger partial charge in [-0.15, -0.1) is 0 Å². The first-order chi connectivity index (χ1) is 8.96. The molecule has 9 heteroatoms. The van der Waals surface area contributed by atoms with Gasteiger partial charge in [0.1, 0.15) is 0 Å². The van der Waals surface area contributed by atoms with E-state index in [0.717, 1.165) is 6.07 Å². The highest BCUT2D eigenvalue weighted by molar-refractivity contribution is 5.84. The van der Waals surface area contributed by atoms with Crippen molar-refractivity contribution in [3.63, 3.8) is 0 Å². The van der Waals surface area contributed by atoms with Crippen molar-refractivity contribution in [3.05, 3.63) is 35.4 Å². The lowest BCUT2D eigenvalue weighted by Crippen LogP contribution is -2.50. The molecule has 0 radical (unpaired) electrons. The molecule has 0 N–H and O–H groups in total. The van der Waals surface area contributed by atoms with Gasteiger partial charge in [-0.3, -0.25) is 4.79 Å². The highest BCUT2D eigenvalue weighted by atomic mass is 19.4. The Morgan fingerprint density at radius 2 is 1.65 bits per heavy atom. The van der Waals surface area contributed by atoms with Gasteiger partial charge in [-0.2, -0.15) is 22.0 Å². The van der Waals surface area contributed by atoms with Crippen molar-refractivity contribution in [1.82, 2.24) is 4.90 Å². The molecule has 0 fully saturated rings. The van der Waals surface area contributed by atoms with E-state index in [4.69, 9.17) is 0 Å². The molecule has 1 rings (SSSR count). The molecule has 0 spiro atoms. The van der Waals surface area contributed by atoms with Crippen LogP contribution in [0.5, 0.6) is 0 Å². The van der Waals surface area contributed by atoms with E-state index in [1.807, 2.05) is 0 Å². The number of carbonyl (C=O) groups is 1. The van der Waals surface area contributed by atoms with Gasteiger partial charge in [0, 0.05) is 13.6 Å². The Morgan fingerprint density at radius 3 is 2.10 bits per heavy atom. The monoisotopic (exact) mass is 303 g/mol. The maximum Gasteiger partial charge on any atom is 0.463 e. The van der Waals surface area contributed by atoms with Crippen LogP contribution in [-0.2, 0) is 11.3 Å². The van der Waals surface area contributed by atoms with Crippen LogP contribution >= 0.6 is 0 Å². The smallest absolute Gasteiger partial charge is 0.336 e. The summed E-state index contributed by atoms with van der Waals surface area (Å²) in [5, 5.41) is 0. The lowest BCUT2D eigenvalue weighted by atomic mass is 10.2. The average Bonchev–Trinajstić information content (AvgIpc) is 2.31. The Bertz CT molecular complexity index is 512. The van der Waals surface area contributed by atoms with Crippen LogP contribution in [0.1, 0.15) is 5.56 Å². The summed E-state index contributed by atoms with van der Waals surface area (Å²) >= 11 is 0. The van der Waals surface area contributed by atoms with Crippen LogP contribution < -0.4 is 0 Å². The zero-order valence-electron chi connectivity index (χ0n) is 9.94. The zero-order valence-corrected chi connectivity index (χ0v) is 9.94. The quantitative estimate of drug-likeness (QED) is 0.786. The number of benzene rings is 1. The molecule has 0 saturated heterocycles. The Balaban J connectivity index is 2.88. The summed E-state index contributed by atoms with van der Waals surface area (Å²) in [5.41, 5.74) is -0.127. The van der Waals surface area contributed by atoms with Crippen molar-refractivity contribution in [3.8, 4) is 0 Å². The van der Waals surface area contributed by atoms with Crippen molar-refractivity contribution in [2.24, 2.45) is 0 Å². The highest BCUT2D eigenvalue weighted by Gasteiger charge is 2.64. The van der Waals surface area contributed by atoms with E-state index in [0.29, 0.717) is 19.2 Å². The summed E-state index contributed by atoms with van der Waals surface area (Å²) in [5.74, 6) is -10.5. The van der Waals surface area contributed by atoms with Gasteiger partial charge in [-0.1, -0.05) is 6.07 Å². The molecular formula is C11H8F7NO. The van der Waals surface area contributed by atoms with E-state index in [1.54, 1.807) is 0 Å². The summed E-state index contributed by atoms with van der Waals surface area (Å²) in [6, 6.07) is 2.24. The third kappa shape index (κ3) is 3.20. The van der Waals surface area contributed by atoms with Gasteiger partial charge < -0.3 is 4.90 Å². The third-order valence-electron chi connectivity index (χ3n) is 2.38. The molecule has 1 aromatic rings. The minimum atomic E-state index is -6.02. The molecule has 0 aliphatic heterocycles. The molecule has 0 bridgehead atoms. The third-order valence-corrected chi connectivity index (χ3v) is 2.38. The number of amides is 1. The standard InChI is InChI=1S/C11H8F7NO/c1-19(9(20)10(14,15)11(16,17)18)5-6-2-3-7(12)8(13)4-6/h2-4H,5H2,1H3. The Hall–Kier alpha value is -1.80. The van der Waals surface area contributed by atoms with Crippen LogP contribution in [0.4, 0.5) is 30.7 Å². The fourth-order valence-electron chi connectivity index (χ4n) is 1.34. The SMILES string of the molecule is CN(Cc1ccc(F)c(F)c1)C(=O)C(F)(F)C(F)(F)F. The van der Waals surface area contributed by atoms with E-state index in [1.165, 1.54) is 0 Å². The average molecular weight is 303 g/mol. The van der Waals surface area contributed by atoms with Gasteiger partial charge in [-0.25, -0.2) is 8.78 Å². The fraction of sp³-hybridized carbons (Fsp3) is 0.364. The molecule has 0 atom stereocenters. The van der Waals surface area contributed by atoms with Crippen LogP contribution in [0.2, 0.25) is 0 Å². The van der Waals surface area contributed by atoms with Gasteiger partial charge in [0.05, 0.1) is 0 Å². The second-order valence-corrected chi connectivity index (χ2v) is 3.98. The van der Waals surface area contributed by atoms with Gasteiger partial charge in [0.2, 0.25) is 0 Å². The van der Waals surface area contributed by atoms with Crippen LogP contribution in [0.25, 0.3) is 0 Å². The minimum absolute atomic E-state index is 0.0835. The Labute approximate surface area is 108 Å². The van der Waals surface area contributed by atoms with Crippen LogP contribution in [0.15, 0.2) is 18.2 Å². The van der Waals surface area contributed by atoms with Crippen molar-refractivity contribution < 1.29 is 35.5 Å². The minimum Gasteiger partial charge on any atom is -0.336 e. The number of carbonyl (C=O) groups excluding carboxylic acids is 1. The molecule has 0 heterocycles. The molecule has 20 heavy (non-hydrogen) atoms. The second-order valence-electron chi connectivity index (χ2n) is 3.98. The molecule has 0 aliphatic rings. The molecule has 0 aliphatic carbocycles. The summed E-state index contributed by atoms with van der Waals surface area (Å²) in [6.45, 7) is -0.721. The highest BCUT2D eigenvalue weighted by Crippen LogP contribution is 2.36. The van der Waals surface area contributed by atoms with E-state index in [9.17, 15) is 35.5 Å². The Kier molecular flexibility index (Phi) is 4.30. The van der Waals surface area contributed by atoms with Crippen molar-refractivity contribution >= 4 is 5.91 Å². The molecule has 0 aromatic heterocycles. The number of nitrogens with zero attached hydrogens (tertiary/aromatic N) is 1. The normalized spacial score (nSPS) is 12.4. The summed E-state index contributed by atoms with van der Waals surface area (Å²) in [4.78, 5) is 11.1. The van der Waals surface area contributed by atoms with E-state index < -0.39 is 36.2 Å². The summed E-state index contributed by atoms with van der Waals surface area (Å²) in [6.07, 6.45) is -6.02. The van der Waals surface area contributed by atoms with Crippen LogP contribution in [-0.4, -0.2) is 30.0 Å². The van der Waals surface area contributed by atoms with Gasteiger partial charge >= 0.3 is 18.0 Å². The second kappa shape index (κ2) is 5.29. The van der Waals surface area contributed by atoms with Crippen molar-refractivity contribution in [2.75, 3.05) is 7.05 Å². The van der Waals surface area contributed by atoms with Crippen LogP contribution in [0, 0.1) is 11.6 Å². The number of hydrogen-bond acceptors (Lipinski definition) is 1. The van der Waals surface area contributed by atoms with Crippen LogP contribution in [0.3, 0.4) is 0 Å². The zero-order chi connectivity index (χ0) is 15.7. The number of alkyl halides is 5. The molecule has 112 valence electrons. The molecular weight excluding hydrogens is 295 g/mol. The van der Waals surface area contributed by atoms with Gasteiger partial charge in [-0.05, 0) is 17.7 Å². The maximum atomic E-state index is 12.8. The first-order valence-electron chi connectivity index (χ1n) is 5.11. The molecule has 0 saturated carbocycles. The van der Waals surface area contributed by atoms with Crippen molar-refractivity contribution in [1.29, 1.82) is 0 Å². The topological polar surface area (TPSA) is 20.3 Å². The number of rotatable bonds is 3. The van der Waals surface area contributed by atoms with E-state index >= 15 is 0 Å². The summed E-state index contributed by atoms with van der Waals surface area (Å²) < 4.78 is 87.0. The first kappa shape index (κ1) is 16.3. The maximum absolute atomic E-state index is 12.8. The predicted molar refractivity (Wildman–Crippen MR) is 53.8 cm³/mol. The van der Waals surface area contributed by atoms with E-state index in [-0.39, 0.29) is 10.5 Å². The molecule has 1 amide bonds. The fourth-order valence-corrected chi connectivity index (χ4v) is 1.34. The lowest BCUT2D eigenvalue weighted by Gasteiger charge is -2.24. The number of halogens is 7. The largest absolute Gasteiger partial charge is 0.463 e. The van der Waals surface area contributed by atoms with E-state index in [2.05, 4.69) is 0 Å². The predicted octanol–water partition coefficient (Wildman–Crippen LogP) is 3.12. The molecule has 2 nitrogen and oxygen atoms in total. The molecule has 0 unspecified atom stereocenters. The molecule has 1 aromatic carbocycles.